The van der Waals surface area contributed by atoms with E-state index in [1.165, 1.54) is 0 Å². The maximum atomic E-state index is 9.01. The molecule has 1 saturated heterocycles. The largest absolute Gasteiger partial charge is 0.387 e. The van der Waals surface area contributed by atoms with E-state index in [9.17, 15) is 0 Å². The van der Waals surface area contributed by atoms with E-state index in [-0.39, 0.29) is 5.88 Å². The molecular formula is C5H9ClO4. The van der Waals surface area contributed by atoms with Crippen molar-refractivity contribution in [3.05, 3.63) is 0 Å². The monoisotopic (exact) mass is 168 g/mol. The number of ether oxygens (including phenoxy) is 1. The number of alkyl halides is 1. The minimum Gasteiger partial charge on any atom is -0.387 e. The fourth-order valence-corrected chi connectivity index (χ4v) is 1.11. The molecule has 60 valence electrons. The van der Waals surface area contributed by atoms with Gasteiger partial charge in [0.25, 0.3) is 0 Å². The Balaban J connectivity index is 2.53. The molecule has 5 heteroatoms. The van der Waals surface area contributed by atoms with Crippen molar-refractivity contribution in [2.24, 2.45) is 0 Å². The van der Waals surface area contributed by atoms with Crippen molar-refractivity contribution >= 4 is 11.6 Å². The number of hydrogen-bond donors (Lipinski definition) is 3. The lowest BCUT2D eigenvalue weighted by Gasteiger charge is -2.09. The summed E-state index contributed by atoms with van der Waals surface area (Å²) in [5.74, 6) is 0.0648. The standard InChI is InChI=1S/C5H9ClO4/c6-1-2-3(7)4(8)5(9)10-2/h2-5,7-9H,1H2. The van der Waals surface area contributed by atoms with E-state index in [2.05, 4.69) is 4.74 Å². The van der Waals surface area contributed by atoms with Gasteiger partial charge in [-0.25, -0.2) is 0 Å². The summed E-state index contributed by atoms with van der Waals surface area (Å²) < 4.78 is 4.66. The molecule has 4 nitrogen and oxygen atoms in total. The molecule has 0 radical (unpaired) electrons. The maximum Gasteiger partial charge on any atom is 0.184 e. The number of hydrogen-bond acceptors (Lipinski definition) is 4. The third kappa shape index (κ3) is 1.26. The number of aliphatic hydroxyl groups is 3. The first-order valence-corrected chi connectivity index (χ1v) is 3.46. The zero-order valence-corrected chi connectivity index (χ0v) is 5.90. The minimum absolute atomic E-state index is 0.0648. The summed E-state index contributed by atoms with van der Waals surface area (Å²) in [6.45, 7) is 0. The molecule has 0 aromatic carbocycles. The van der Waals surface area contributed by atoms with E-state index in [0.717, 1.165) is 0 Å². The summed E-state index contributed by atoms with van der Waals surface area (Å²) in [5.41, 5.74) is 0. The van der Waals surface area contributed by atoms with Crippen molar-refractivity contribution in [3.63, 3.8) is 0 Å². The summed E-state index contributed by atoms with van der Waals surface area (Å²) in [6, 6.07) is 0. The second kappa shape index (κ2) is 3.02. The highest BCUT2D eigenvalue weighted by Crippen LogP contribution is 2.19. The quantitative estimate of drug-likeness (QED) is 0.424. The third-order valence-corrected chi connectivity index (χ3v) is 1.79. The molecule has 0 spiro atoms. The molecule has 0 bridgehead atoms. The van der Waals surface area contributed by atoms with Crippen LogP contribution in [0.1, 0.15) is 0 Å². The average Bonchev–Trinajstić information content (AvgIpc) is 2.17. The van der Waals surface area contributed by atoms with Gasteiger partial charge in [-0.2, -0.15) is 0 Å². The predicted octanol–water partition coefficient (Wildman–Crippen LogP) is -1.34. The fourth-order valence-electron chi connectivity index (χ4n) is 0.856. The molecule has 0 aliphatic carbocycles. The summed E-state index contributed by atoms with van der Waals surface area (Å²) >= 11 is 5.33. The van der Waals surface area contributed by atoms with Gasteiger partial charge in [0.05, 0.1) is 5.88 Å². The molecule has 1 fully saturated rings. The Morgan fingerprint density at radius 2 is 1.80 bits per heavy atom. The molecule has 0 saturated carbocycles. The highest BCUT2D eigenvalue weighted by atomic mass is 35.5. The first-order chi connectivity index (χ1) is 4.66. The lowest BCUT2D eigenvalue weighted by atomic mass is 10.2. The van der Waals surface area contributed by atoms with Gasteiger partial charge in [0.2, 0.25) is 0 Å². The molecule has 4 atom stereocenters. The summed E-state index contributed by atoms with van der Waals surface area (Å²) in [4.78, 5) is 0. The Morgan fingerprint density at radius 3 is 2.00 bits per heavy atom. The maximum absolute atomic E-state index is 9.01. The highest BCUT2D eigenvalue weighted by Gasteiger charge is 2.40. The van der Waals surface area contributed by atoms with Gasteiger partial charge >= 0.3 is 0 Å². The van der Waals surface area contributed by atoms with E-state index in [1.54, 1.807) is 0 Å². The van der Waals surface area contributed by atoms with Gasteiger partial charge in [0.15, 0.2) is 6.29 Å². The molecule has 0 aromatic heterocycles. The van der Waals surface area contributed by atoms with E-state index in [0.29, 0.717) is 0 Å². The van der Waals surface area contributed by atoms with Gasteiger partial charge < -0.3 is 20.1 Å². The first-order valence-electron chi connectivity index (χ1n) is 2.92. The number of rotatable bonds is 1. The van der Waals surface area contributed by atoms with Crippen molar-refractivity contribution in [1.82, 2.24) is 0 Å². The van der Waals surface area contributed by atoms with Crippen LogP contribution in [0.4, 0.5) is 0 Å². The zero-order chi connectivity index (χ0) is 7.72. The first kappa shape index (κ1) is 8.23. The smallest absolute Gasteiger partial charge is 0.184 e. The molecule has 0 amide bonds. The molecule has 3 N–H and O–H groups in total. The van der Waals surface area contributed by atoms with Crippen LogP contribution in [0.2, 0.25) is 0 Å². The van der Waals surface area contributed by atoms with Gasteiger partial charge in [-0.1, -0.05) is 0 Å². The van der Waals surface area contributed by atoms with Gasteiger partial charge in [-0.15, -0.1) is 11.6 Å². The van der Waals surface area contributed by atoms with E-state index < -0.39 is 24.6 Å². The van der Waals surface area contributed by atoms with Crippen LogP contribution >= 0.6 is 11.6 Å². The number of aliphatic hydroxyl groups excluding tert-OH is 3. The molecule has 1 heterocycles. The molecule has 1 aliphatic heterocycles. The van der Waals surface area contributed by atoms with Crippen LogP contribution < -0.4 is 0 Å². The lowest BCUT2D eigenvalue weighted by molar-refractivity contribution is -0.123. The zero-order valence-electron chi connectivity index (χ0n) is 5.14. The Labute approximate surface area is 63.0 Å². The average molecular weight is 169 g/mol. The fraction of sp³-hybridized carbons (Fsp3) is 1.00. The summed E-state index contributed by atoms with van der Waals surface area (Å²) in [5, 5.41) is 26.7. The molecule has 1 aliphatic rings. The van der Waals surface area contributed by atoms with Crippen LogP contribution in [0, 0.1) is 0 Å². The third-order valence-electron chi connectivity index (χ3n) is 1.49. The Morgan fingerprint density at radius 1 is 1.20 bits per heavy atom. The van der Waals surface area contributed by atoms with E-state index in [4.69, 9.17) is 26.9 Å². The Kier molecular flexibility index (Phi) is 2.49. The van der Waals surface area contributed by atoms with Crippen molar-refractivity contribution < 1.29 is 20.1 Å². The second-order valence-electron chi connectivity index (χ2n) is 2.20. The lowest BCUT2D eigenvalue weighted by Crippen LogP contribution is -2.32. The van der Waals surface area contributed by atoms with Gasteiger partial charge in [0.1, 0.15) is 18.3 Å². The Hall–Kier alpha value is 0.130. The van der Waals surface area contributed by atoms with Crippen molar-refractivity contribution in [1.29, 1.82) is 0 Å². The van der Waals surface area contributed by atoms with Crippen LogP contribution in [0.25, 0.3) is 0 Å². The van der Waals surface area contributed by atoms with E-state index in [1.807, 2.05) is 0 Å². The second-order valence-corrected chi connectivity index (χ2v) is 2.51. The predicted molar refractivity (Wildman–Crippen MR) is 33.6 cm³/mol. The molecular weight excluding hydrogens is 160 g/mol. The SMILES string of the molecule is OC1OC(CCl)C(O)C1O. The van der Waals surface area contributed by atoms with Crippen molar-refractivity contribution in [2.45, 2.75) is 24.6 Å². The van der Waals surface area contributed by atoms with Crippen LogP contribution in [0.5, 0.6) is 0 Å². The minimum atomic E-state index is -1.31. The summed E-state index contributed by atoms with van der Waals surface area (Å²) in [7, 11) is 0. The molecule has 4 unspecified atom stereocenters. The van der Waals surface area contributed by atoms with E-state index >= 15 is 0 Å². The molecule has 10 heavy (non-hydrogen) atoms. The molecule has 1 rings (SSSR count). The van der Waals surface area contributed by atoms with Crippen LogP contribution in [-0.2, 0) is 4.74 Å². The highest BCUT2D eigenvalue weighted by molar-refractivity contribution is 6.18. The topological polar surface area (TPSA) is 69.9 Å². The molecule has 0 aromatic rings. The summed E-state index contributed by atoms with van der Waals surface area (Å²) in [6.07, 6.45) is -4.28. The van der Waals surface area contributed by atoms with Crippen molar-refractivity contribution in [2.75, 3.05) is 5.88 Å². The van der Waals surface area contributed by atoms with Gasteiger partial charge in [-0.05, 0) is 0 Å². The van der Waals surface area contributed by atoms with Crippen LogP contribution in [-0.4, -0.2) is 45.8 Å². The van der Waals surface area contributed by atoms with Gasteiger partial charge in [-0.3, -0.25) is 0 Å². The normalized spacial score (nSPS) is 48.0. The van der Waals surface area contributed by atoms with Crippen LogP contribution in [0.15, 0.2) is 0 Å². The van der Waals surface area contributed by atoms with Crippen molar-refractivity contribution in [3.8, 4) is 0 Å². The van der Waals surface area contributed by atoms with Gasteiger partial charge in [0, 0.05) is 0 Å². The number of halogens is 1. The Bertz CT molecular complexity index is 120. The van der Waals surface area contributed by atoms with Crippen LogP contribution in [0.3, 0.4) is 0 Å².